The van der Waals surface area contributed by atoms with E-state index in [1.165, 1.54) is 67.2 Å². The third-order valence-electron chi connectivity index (χ3n) is 13.9. The first-order valence-corrected chi connectivity index (χ1v) is 25.9. The highest BCUT2D eigenvalue weighted by Gasteiger charge is 2.41. The Morgan fingerprint density at radius 1 is 0.602 bits per heavy atom. The zero-order chi connectivity index (χ0) is 58.3. The summed E-state index contributed by atoms with van der Waals surface area (Å²) >= 11 is 0. The van der Waals surface area contributed by atoms with Gasteiger partial charge in [0.25, 0.3) is 11.8 Å². The van der Waals surface area contributed by atoms with Crippen LogP contribution in [-0.4, -0.2) is 109 Å². The minimum absolute atomic E-state index is 0.145. The smallest absolute Gasteiger partial charge is 0.387 e. The molecule has 2 fully saturated rings. The number of carbonyl (C=O) groups is 2. The summed E-state index contributed by atoms with van der Waals surface area (Å²) in [5.41, 5.74) is 3.86. The fraction of sp³-hybridized carbons (Fsp3) is 0.241. The zero-order valence-electron chi connectivity index (χ0n) is 45.2. The molecule has 1 saturated carbocycles. The molecule has 4 N–H and O–H groups in total. The fourth-order valence-electron chi connectivity index (χ4n) is 10.1. The first-order chi connectivity index (χ1) is 39.8. The van der Waals surface area contributed by atoms with Crippen molar-refractivity contribution < 1.29 is 56.3 Å². The number of nitrogens with one attached hydrogen (secondary N) is 2. The van der Waals surface area contributed by atoms with Crippen molar-refractivity contribution in [1.29, 1.82) is 0 Å². The van der Waals surface area contributed by atoms with Gasteiger partial charge in [-0.15, -0.1) is 0 Å². The largest absolute Gasteiger partial charge is 0.457 e. The Labute approximate surface area is 470 Å². The van der Waals surface area contributed by atoms with Crippen LogP contribution in [0.25, 0.3) is 33.8 Å². The number of benzene rings is 4. The molecule has 0 atom stereocenters. The van der Waals surface area contributed by atoms with E-state index in [2.05, 4.69) is 41.0 Å². The van der Waals surface area contributed by atoms with Gasteiger partial charge in [-0.05, 0) is 135 Å². The van der Waals surface area contributed by atoms with Gasteiger partial charge >= 0.3 is 13.2 Å². The molecule has 83 heavy (non-hydrogen) atoms. The van der Waals surface area contributed by atoms with Crippen molar-refractivity contribution >= 4 is 34.5 Å². The molecule has 25 heteroatoms. The predicted molar refractivity (Wildman–Crippen MR) is 294 cm³/mol. The van der Waals surface area contributed by atoms with Crippen molar-refractivity contribution in [1.82, 2.24) is 53.7 Å². The minimum atomic E-state index is -3.09. The van der Waals surface area contributed by atoms with Crippen LogP contribution in [0.4, 0.5) is 28.9 Å². The fourth-order valence-corrected chi connectivity index (χ4v) is 10.1. The average Bonchev–Trinajstić information content (AvgIpc) is 4.28. The Bertz CT molecular complexity index is 4080. The van der Waals surface area contributed by atoms with Gasteiger partial charge in [0.2, 0.25) is 0 Å². The lowest BCUT2D eigenvalue weighted by molar-refractivity contribution is -0.0920. The number of hydrogen-bond donors (Lipinski definition) is 4. The summed E-state index contributed by atoms with van der Waals surface area (Å²) in [6, 6.07) is 23.2. The van der Waals surface area contributed by atoms with Crippen LogP contribution in [0.5, 0.6) is 34.5 Å². The summed E-state index contributed by atoms with van der Waals surface area (Å²) < 4.78 is 81.2. The number of anilines is 2. The number of likely N-dealkylation sites (N-methyl/N-ethyl adjacent to an activating group) is 1. The minimum Gasteiger partial charge on any atom is -0.457 e. The molecule has 0 unspecified atom stereocenters. The number of likely N-dealkylation sites (tertiary alicyclic amines) is 1. The first-order valence-electron chi connectivity index (χ1n) is 25.9. The number of aryl methyl sites for hydroxylation is 4. The van der Waals surface area contributed by atoms with Crippen LogP contribution >= 0.6 is 0 Å². The number of hydrogen-bond acceptors (Lipinski definition) is 15. The zero-order valence-corrected chi connectivity index (χ0v) is 45.2. The maximum absolute atomic E-state index is 13.4. The van der Waals surface area contributed by atoms with Crippen molar-refractivity contribution in [3.05, 3.63) is 168 Å². The number of amides is 2. The number of fused-ring (bicyclic) bond motifs is 2. The SMILES string of the molecule is Cc1cc(Oc2ccc(OC(F)F)c(-c3nn(C)cc3NC(=O)c3cnn4cccnc34)c2)cc(C2(O)CCC2)c1.Cc1cc(Oc2ccc(OC(F)F)c(-c3nn(C)cc3NC(=O)c3cnn4cccnc34)c2)cc(C2(O)CN(C)C2)c1. The van der Waals surface area contributed by atoms with Crippen LogP contribution in [-0.2, 0) is 25.3 Å². The number of β-amino-alcohol motifs (C(OH)–C–C–N with tert-alkyl or cyclic N) is 1. The van der Waals surface area contributed by atoms with E-state index in [9.17, 15) is 37.4 Å². The number of nitrogens with zero attached hydrogens (tertiary/aromatic N) is 11. The highest BCUT2D eigenvalue weighted by molar-refractivity contribution is 6.10. The van der Waals surface area contributed by atoms with E-state index in [1.807, 2.05) is 50.1 Å². The topological polar surface area (TPSA) is 235 Å². The molecule has 0 radical (unpaired) electrons. The molecule has 2 aliphatic rings. The van der Waals surface area contributed by atoms with E-state index in [4.69, 9.17) is 18.9 Å². The second-order valence-corrected chi connectivity index (χ2v) is 20.4. The van der Waals surface area contributed by atoms with E-state index in [0.717, 1.165) is 28.7 Å². The molecule has 0 spiro atoms. The quantitative estimate of drug-likeness (QED) is 0.0659. The molecule has 426 valence electrons. The number of alkyl halides is 4. The molecule has 1 aliphatic heterocycles. The van der Waals surface area contributed by atoms with Crippen LogP contribution in [0, 0.1) is 13.8 Å². The molecule has 1 saturated heterocycles. The molecule has 7 heterocycles. The van der Waals surface area contributed by atoms with Gasteiger partial charge < -0.3 is 39.8 Å². The molecule has 0 bridgehead atoms. The lowest BCUT2D eigenvalue weighted by Gasteiger charge is -2.45. The Kier molecular flexibility index (Phi) is 14.8. The molecule has 4 aromatic carbocycles. The van der Waals surface area contributed by atoms with Gasteiger partial charge in [0.1, 0.15) is 62.6 Å². The van der Waals surface area contributed by atoms with Crippen molar-refractivity contribution in [2.75, 3.05) is 30.8 Å². The molecular formula is C58H53F4N13O8. The summed E-state index contributed by atoms with van der Waals surface area (Å²) in [4.78, 5) is 36.8. The van der Waals surface area contributed by atoms with E-state index < -0.39 is 36.2 Å². The third kappa shape index (κ3) is 11.8. The van der Waals surface area contributed by atoms with Gasteiger partial charge in [-0.1, -0.05) is 12.1 Å². The van der Waals surface area contributed by atoms with Crippen LogP contribution in [0.3, 0.4) is 0 Å². The summed E-state index contributed by atoms with van der Waals surface area (Å²) in [6.07, 6.45) is 14.6. The number of carbonyl (C=O) groups excluding carboxylic acids is 2. The normalized spacial score (nSPS) is 14.4. The molecule has 1 aliphatic carbocycles. The van der Waals surface area contributed by atoms with Gasteiger partial charge in [0.15, 0.2) is 11.3 Å². The van der Waals surface area contributed by atoms with Gasteiger partial charge in [-0.25, -0.2) is 19.0 Å². The monoisotopic (exact) mass is 1140 g/mol. The van der Waals surface area contributed by atoms with E-state index in [0.29, 0.717) is 60.2 Å². The third-order valence-corrected chi connectivity index (χ3v) is 13.9. The van der Waals surface area contributed by atoms with Crippen LogP contribution in [0.15, 0.2) is 135 Å². The number of aromatic nitrogens is 10. The van der Waals surface area contributed by atoms with Gasteiger partial charge in [0, 0.05) is 64.4 Å². The first kappa shape index (κ1) is 55.2. The summed E-state index contributed by atoms with van der Waals surface area (Å²) in [6.45, 7) is -1.38. The van der Waals surface area contributed by atoms with Crippen molar-refractivity contribution in [2.45, 2.75) is 57.5 Å². The Morgan fingerprint density at radius 3 is 1.46 bits per heavy atom. The maximum atomic E-state index is 13.4. The number of ether oxygens (including phenoxy) is 4. The number of rotatable bonds is 16. The number of aliphatic hydroxyl groups is 2. The predicted octanol–water partition coefficient (Wildman–Crippen LogP) is 9.67. The second kappa shape index (κ2) is 22.3. The Morgan fingerprint density at radius 2 is 1.05 bits per heavy atom. The average molecular weight is 1140 g/mol. The Balaban J connectivity index is 0.000000174. The molecule has 2 amide bonds. The summed E-state index contributed by atoms with van der Waals surface area (Å²) in [7, 11) is 5.21. The molecule has 6 aromatic heterocycles. The highest BCUT2D eigenvalue weighted by atomic mass is 19.3. The molecule has 12 rings (SSSR count). The lowest BCUT2D eigenvalue weighted by atomic mass is 9.75. The summed E-state index contributed by atoms with van der Waals surface area (Å²) in [5, 5.41) is 44.5. The van der Waals surface area contributed by atoms with Gasteiger partial charge in [-0.2, -0.15) is 38.0 Å². The summed E-state index contributed by atoms with van der Waals surface area (Å²) in [5.74, 6) is 0.296. The van der Waals surface area contributed by atoms with Crippen molar-refractivity contribution in [3.8, 4) is 57.0 Å². The van der Waals surface area contributed by atoms with E-state index in [1.54, 1.807) is 75.5 Å². The van der Waals surface area contributed by atoms with Crippen molar-refractivity contribution in [2.24, 2.45) is 14.1 Å². The molecule has 21 nitrogen and oxygen atoms in total. The Hall–Kier alpha value is -9.72. The van der Waals surface area contributed by atoms with E-state index >= 15 is 0 Å². The number of halogens is 4. The van der Waals surface area contributed by atoms with Crippen LogP contribution in [0.2, 0.25) is 0 Å². The van der Waals surface area contributed by atoms with Crippen LogP contribution in [0.1, 0.15) is 62.2 Å². The maximum Gasteiger partial charge on any atom is 0.387 e. The van der Waals surface area contributed by atoms with E-state index in [-0.39, 0.29) is 56.5 Å². The van der Waals surface area contributed by atoms with Gasteiger partial charge in [-0.3, -0.25) is 23.9 Å². The van der Waals surface area contributed by atoms with Crippen LogP contribution < -0.4 is 29.6 Å². The standard InChI is InChI=1S/C29H27F2N7O4.C29H26F2N6O4/c1-17-9-18(29(40)15-36(2)16-29)11-20(10-17)41-19-5-6-24(42-28(30)31)21(12-19)25-23(14-37(3)35-25)34-27(39)22-13-33-38-8-4-7-32-26(22)38;1-17-11-18(29(39)7-3-8-29)13-20(12-17)40-19-5-6-24(41-28(30)31)21(14-19)25-23(16-36(2)35-25)34-27(38)22-15-33-37-10-4-9-32-26(22)37/h4-14,28,40H,15-16H2,1-3H3,(H,34,39);4-6,9-16,28,39H,3,7-8H2,1-2H3,(H,34,38). The van der Waals surface area contributed by atoms with Crippen molar-refractivity contribution in [3.63, 3.8) is 0 Å². The molecule has 10 aromatic rings. The van der Waals surface area contributed by atoms with Gasteiger partial charge in [0.05, 0.1) is 40.5 Å². The second-order valence-electron chi connectivity index (χ2n) is 20.4. The highest BCUT2D eigenvalue weighted by Crippen LogP contribution is 2.45. The lowest BCUT2D eigenvalue weighted by Crippen LogP contribution is -2.57. The molecular weight excluding hydrogens is 1080 g/mol.